The van der Waals surface area contributed by atoms with Gasteiger partial charge in [0, 0.05) is 25.7 Å². The minimum atomic E-state index is -3.09. The predicted molar refractivity (Wildman–Crippen MR) is 73.0 cm³/mol. The number of piperazine rings is 1. The second kappa shape index (κ2) is 5.86. The molecule has 0 bridgehead atoms. The lowest BCUT2D eigenvalue weighted by molar-refractivity contribution is 0.169. The van der Waals surface area contributed by atoms with Crippen LogP contribution < -0.4 is 5.32 Å². The van der Waals surface area contributed by atoms with Crippen molar-refractivity contribution in [2.45, 2.75) is 25.8 Å². The molecule has 106 valence electrons. The summed E-state index contributed by atoms with van der Waals surface area (Å²) in [5.74, 6) is 0.601. The van der Waals surface area contributed by atoms with Gasteiger partial charge in [-0.1, -0.05) is 0 Å². The molecule has 2 aliphatic rings. The Bertz CT molecular complexity index is 366. The van der Waals surface area contributed by atoms with Crippen molar-refractivity contribution in [3.05, 3.63) is 0 Å². The van der Waals surface area contributed by atoms with E-state index < -0.39 is 10.0 Å². The maximum atomic E-state index is 12.5. The Balaban J connectivity index is 1.97. The van der Waals surface area contributed by atoms with Crippen LogP contribution in [-0.2, 0) is 10.0 Å². The number of nitrogens with one attached hydrogen (secondary N) is 1. The van der Waals surface area contributed by atoms with E-state index in [9.17, 15) is 8.42 Å². The average Bonchev–Trinajstić information content (AvgIpc) is 2.29. The number of hydrogen-bond donors (Lipinski definition) is 1. The highest BCUT2D eigenvalue weighted by Gasteiger charge is 2.33. The summed E-state index contributed by atoms with van der Waals surface area (Å²) in [5, 5.41) is 3.29. The highest BCUT2D eigenvalue weighted by atomic mass is 32.2. The molecule has 2 saturated heterocycles. The molecule has 0 aromatic rings. The van der Waals surface area contributed by atoms with Gasteiger partial charge in [-0.2, -0.15) is 4.31 Å². The van der Waals surface area contributed by atoms with E-state index in [4.69, 9.17) is 0 Å². The fourth-order valence-corrected chi connectivity index (χ4v) is 5.04. The maximum absolute atomic E-state index is 12.5. The number of piperidine rings is 1. The Labute approximate surface area is 111 Å². The van der Waals surface area contributed by atoms with Gasteiger partial charge >= 0.3 is 0 Å². The molecule has 0 saturated carbocycles. The monoisotopic (exact) mass is 275 g/mol. The van der Waals surface area contributed by atoms with Gasteiger partial charge < -0.3 is 10.2 Å². The first-order valence-electron chi connectivity index (χ1n) is 6.88. The average molecular weight is 275 g/mol. The first-order chi connectivity index (χ1) is 8.49. The third-order valence-corrected chi connectivity index (χ3v) is 6.12. The van der Waals surface area contributed by atoms with E-state index in [-0.39, 0.29) is 12.0 Å². The minimum absolute atomic E-state index is 0.102. The summed E-state index contributed by atoms with van der Waals surface area (Å²) in [7, 11) is -1.04. The zero-order chi connectivity index (χ0) is 13.2. The number of nitrogens with zero attached hydrogens (tertiary/aromatic N) is 2. The Morgan fingerprint density at radius 1 is 1.33 bits per heavy atom. The minimum Gasteiger partial charge on any atom is -0.316 e. The molecule has 2 rings (SSSR count). The summed E-state index contributed by atoms with van der Waals surface area (Å²) in [6.07, 6.45) is 2.13. The Hall–Kier alpha value is -0.170. The van der Waals surface area contributed by atoms with E-state index in [0.29, 0.717) is 12.3 Å². The number of sulfonamides is 1. The van der Waals surface area contributed by atoms with E-state index in [0.717, 1.165) is 39.0 Å². The van der Waals surface area contributed by atoms with Crippen LogP contribution in [-0.4, -0.2) is 69.2 Å². The van der Waals surface area contributed by atoms with Crippen LogP contribution >= 0.6 is 0 Å². The molecule has 0 radical (unpaired) electrons. The van der Waals surface area contributed by atoms with Gasteiger partial charge in [0.05, 0.1) is 5.75 Å². The molecule has 18 heavy (non-hydrogen) atoms. The van der Waals surface area contributed by atoms with Crippen LogP contribution in [0.4, 0.5) is 0 Å². The van der Waals surface area contributed by atoms with Crippen molar-refractivity contribution in [2.75, 3.05) is 45.5 Å². The van der Waals surface area contributed by atoms with Gasteiger partial charge in [-0.25, -0.2) is 8.42 Å². The third kappa shape index (κ3) is 3.44. The van der Waals surface area contributed by atoms with Crippen LogP contribution in [0.3, 0.4) is 0 Å². The summed E-state index contributed by atoms with van der Waals surface area (Å²) in [6.45, 7) is 6.20. The van der Waals surface area contributed by atoms with Crippen molar-refractivity contribution in [2.24, 2.45) is 5.92 Å². The quantitative estimate of drug-likeness (QED) is 0.785. The van der Waals surface area contributed by atoms with Crippen LogP contribution in [0.25, 0.3) is 0 Å². The van der Waals surface area contributed by atoms with Crippen molar-refractivity contribution in [3.8, 4) is 0 Å². The van der Waals surface area contributed by atoms with Crippen molar-refractivity contribution in [3.63, 3.8) is 0 Å². The smallest absolute Gasteiger partial charge is 0.214 e. The lowest BCUT2D eigenvalue weighted by atomic mass is 10.0. The van der Waals surface area contributed by atoms with Crippen molar-refractivity contribution < 1.29 is 8.42 Å². The fourth-order valence-electron chi connectivity index (χ4n) is 3.00. The molecule has 5 nitrogen and oxygen atoms in total. The molecule has 2 heterocycles. The molecule has 2 aliphatic heterocycles. The molecule has 2 unspecified atom stereocenters. The van der Waals surface area contributed by atoms with Crippen molar-refractivity contribution in [1.29, 1.82) is 0 Å². The normalized spacial score (nSPS) is 32.6. The van der Waals surface area contributed by atoms with Gasteiger partial charge in [0.15, 0.2) is 0 Å². The molecule has 1 N–H and O–H groups in total. The summed E-state index contributed by atoms with van der Waals surface area (Å²) in [4.78, 5) is 2.19. The predicted octanol–water partition coefficient (Wildman–Crippen LogP) is -0.0483. The molecular weight excluding hydrogens is 250 g/mol. The number of likely N-dealkylation sites (N-methyl/N-ethyl adjacent to an activating group) is 1. The van der Waals surface area contributed by atoms with Gasteiger partial charge in [0.2, 0.25) is 10.0 Å². The Kier molecular flexibility index (Phi) is 4.64. The fraction of sp³-hybridized carbons (Fsp3) is 1.00. The summed E-state index contributed by atoms with van der Waals surface area (Å²) in [6, 6.07) is 0.102. The van der Waals surface area contributed by atoms with Gasteiger partial charge in [0.1, 0.15) is 0 Å². The van der Waals surface area contributed by atoms with Gasteiger partial charge in [0.25, 0.3) is 0 Å². The van der Waals surface area contributed by atoms with Gasteiger partial charge in [-0.15, -0.1) is 0 Å². The van der Waals surface area contributed by atoms with E-state index in [1.54, 1.807) is 4.31 Å². The largest absolute Gasteiger partial charge is 0.316 e. The molecule has 0 aromatic carbocycles. The van der Waals surface area contributed by atoms with Crippen LogP contribution in [0, 0.1) is 5.92 Å². The van der Waals surface area contributed by atoms with E-state index in [1.807, 2.05) is 14.0 Å². The third-order valence-electron chi connectivity index (χ3n) is 3.97. The molecule has 2 atom stereocenters. The van der Waals surface area contributed by atoms with Gasteiger partial charge in [-0.3, -0.25) is 0 Å². The highest BCUT2D eigenvalue weighted by Crippen LogP contribution is 2.19. The molecular formula is C12H25N3O2S. The van der Waals surface area contributed by atoms with Crippen molar-refractivity contribution >= 4 is 10.0 Å². The summed E-state index contributed by atoms with van der Waals surface area (Å²) < 4.78 is 26.6. The zero-order valence-corrected chi connectivity index (χ0v) is 12.2. The molecule has 0 aromatic heterocycles. The molecule has 0 spiro atoms. The second-order valence-corrected chi connectivity index (χ2v) is 7.68. The zero-order valence-electron chi connectivity index (χ0n) is 11.4. The lowest BCUT2D eigenvalue weighted by Crippen LogP contribution is -2.54. The SMILES string of the molecule is CC1CN(C)CCN1S(=O)(=O)CC1CCCNC1. The summed E-state index contributed by atoms with van der Waals surface area (Å²) >= 11 is 0. The van der Waals surface area contributed by atoms with Crippen molar-refractivity contribution in [1.82, 2.24) is 14.5 Å². The Morgan fingerprint density at radius 3 is 2.72 bits per heavy atom. The molecule has 2 fully saturated rings. The van der Waals surface area contributed by atoms with E-state index >= 15 is 0 Å². The molecule has 0 amide bonds. The lowest BCUT2D eigenvalue weighted by Gasteiger charge is -2.38. The first kappa shape index (κ1) is 14.2. The topological polar surface area (TPSA) is 52.7 Å². The van der Waals surface area contributed by atoms with E-state index in [1.165, 1.54) is 0 Å². The van der Waals surface area contributed by atoms with Crippen LogP contribution in [0.1, 0.15) is 19.8 Å². The van der Waals surface area contributed by atoms with Gasteiger partial charge in [-0.05, 0) is 45.8 Å². The number of rotatable bonds is 3. The summed E-state index contributed by atoms with van der Waals surface area (Å²) in [5.41, 5.74) is 0. The van der Waals surface area contributed by atoms with Crippen LogP contribution in [0.2, 0.25) is 0 Å². The van der Waals surface area contributed by atoms with E-state index in [2.05, 4.69) is 10.2 Å². The first-order valence-corrected chi connectivity index (χ1v) is 8.49. The number of hydrogen-bond acceptors (Lipinski definition) is 4. The Morgan fingerprint density at radius 2 is 2.11 bits per heavy atom. The molecule has 6 heteroatoms. The maximum Gasteiger partial charge on any atom is 0.214 e. The van der Waals surface area contributed by atoms with Crippen LogP contribution in [0.5, 0.6) is 0 Å². The molecule has 0 aliphatic carbocycles. The second-order valence-electron chi connectivity index (χ2n) is 5.71. The standard InChI is InChI=1S/C12H25N3O2S/c1-11-9-14(2)6-7-15(11)18(16,17)10-12-4-3-5-13-8-12/h11-13H,3-10H2,1-2H3. The highest BCUT2D eigenvalue weighted by molar-refractivity contribution is 7.89. The van der Waals surface area contributed by atoms with Crippen LogP contribution in [0.15, 0.2) is 0 Å².